The minimum atomic E-state index is -0.0710. The van der Waals surface area contributed by atoms with Gasteiger partial charge in [-0.1, -0.05) is 11.3 Å². The molecule has 0 amide bonds. The first kappa shape index (κ1) is 9.60. The summed E-state index contributed by atoms with van der Waals surface area (Å²) in [6.07, 6.45) is 3.43. The fourth-order valence-electron chi connectivity index (χ4n) is 0.903. The smallest absolute Gasteiger partial charge is 0.188 e. The SMILES string of the molecule is C=CCC(=O)c1cn(CCN)nn1. The molecule has 0 aliphatic heterocycles. The zero-order valence-electron chi connectivity index (χ0n) is 7.31. The van der Waals surface area contributed by atoms with Gasteiger partial charge in [-0.3, -0.25) is 9.48 Å². The summed E-state index contributed by atoms with van der Waals surface area (Å²) in [6, 6.07) is 0. The monoisotopic (exact) mass is 180 g/mol. The van der Waals surface area contributed by atoms with Crippen molar-refractivity contribution in [3.63, 3.8) is 0 Å². The third-order valence-electron chi connectivity index (χ3n) is 1.51. The second kappa shape index (κ2) is 4.51. The van der Waals surface area contributed by atoms with Gasteiger partial charge in [0.05, 0.1) is 12.7 Å². The van der Waals surface area contributed by atoms with Gasteiger partial charge in [-0.25, -0.2) is 0 Å². The zero-order valence-corrected chi connectivity index (χ0v) is 7.31. The highest BCUT2D eigenvalue weighted by molar-refractivity contribution is 5.94. The Kier molecular flexibility index (Phi) is 3.33. The van der Waals surface area contributed by atoms with E-state index in [1.165, 1.54) is 0 Å². The van der Waals surface area contributed by atoms with Crippen LogP contribution in [0.25, 0.3) is 0 Å². The van der Waals surface area contributed by atoms with Crippen LogP contribution in [0.1, 0.15) is 16.9 Å². The largest absolute Gasteiger partial charge is 0.329 e. The topological polar surface area (TPSA) is 73.8 Å². The Balaban J connectivity index is 2.67. The maximum atomic E-state index is 11.2. The third kappa shape index (κ3) is 2.48. The van der Waals surface area contributed by atoms with Crippen molar-refractivity contribution in [3.8, 4) is 0 Å². The van der Waals surface area contributed by atoms with Gasteiger partial charge >= 0.3 is 0 Å². The molecule has 0 fully saturated rings. The molecule has 0 saturated heterocycles. The van der Waals surface area contributed by atoms with Gasteiger partial charge in [-0.15, -0.1) is 11.7 Å². The number of nitrogens with two attached hydrogens (primary N) is 1. The summed E-state index contributed by atoms with van der Waals surface area (Å²) in [5, 5.41) is 7.45. The van der Waals surface area contributed by atoms with Gasteiger partial charge in [0.25, 0.3) is 0 Å². The van der Waals surface area contributed by atoms with Crippen LogP contribution < -0.4 is 5.73 Å². The molecule has 70 valence electrons. The second-order valence-electron chi connectivity index (χ2n) is 2.57. The number of aromatic nitrogens is 3. The van der Waals surface area contributed by atoms with Crippen molar-refractivity contribution < 1.29 is 4.79 Å². The van der Waals surface area contributed by atoms with E-state index in [1.54, 1.807) is 17.0 Å². The van der Waals surface area contributed by atoms with E-state index in [1.807, 2.05) is 0 Å². The average molecular weight is 180 g/mol. The molecule has 1 aromatic heterocycles. The molecule has 0 spiro atoms. The number of Topliss-reactive ketones (excluding diaryl/α,β-unsaturated/α-hetero) is 1. The van der Waals surface area contributed by atoms with Crippen LogP contribution in [0.4, 0.5) is 0 Å². The quantitative estimate of drug-likeness (QED) is 0.511. The van der Waals surface area contributed by atoms with E-state index in [0.717, 1.165) is 0 Å². The minimum Gasteiger partial charge on any atom is -0.329 e. The molecular weight excluding hydrogens is 168 g/mol. The highest BCUT2D eigenvalue weighted by Crippen LogP contribution is 1.98. The van der Waals surface area contributed by atoms with Crippen molar-refractivity contribution >= 4 is 5.78 Å². The molecule has 0 atom stereocenters. The Hall–Kier alpha value is -1.49. The van der Waals surface area contributed by atoms with E-state index in [4.69, 9.17) is 5.73 Å². The predicted octanol–water partition coefficient (Wildman–Crippen LogP) is -0.00440. The van der Waals surface area contributed by atoms with Crippen LogP contribution in [0.15, 0.2) is 18.9 Å². The van der Waals surface area contributed by atoms with Crippen molar-refractivity contribution in [1.82, 2.24) is 15.0 Å². The van der Waals surface area contributed by atoms with E-state index < -0.39 is 0 Å². The first-order chi connectivity index (χ1) is 6.27. The summed E-state index contributed by atoms with van der Waals surface area (Å²) >= 11 is 0. The maximum Gasteiger partial charge on any atom is 0.188 e. The zero-order chi connectivity index (χ0) is 9.68. The normalized spacial score (nSPS) is 9.92. The van der Waals surface area contributed by atoms with Crippen molar-refractivity contribution in [1.29, 1.82) is 0 Å². The minimum absolute atomic E-state index is 0.0710. The molecule has 2 N–H and O–H groups in total. The van der Waals surface area contributed by atoms with Crippen LogP contribution in [-0.2, 0) is 6.54 Å². The highest BCUT2D eigenvalue weighted by Gasteiger charge is 2.07. The van der Waals surface area contributed by atoms with E-state index in [2.05, 4.69) is 16.9 Å². The van der Waals surface area contributed by atoms with E-state index in [9.17, 15) is 4.79 Å². The van der Waals surface area contributed by atoms with Gasteiger partial charge in [-0.05, 0) is 0 Å². The lowest BCUT2D eigenvalue weighted by Crippen LogP contribution is -2.10. The van der Waals surface area contributed by atoms with Gasteiger partial charge in [0.2, 0.25) is 0 Å². The van der Waals surface area contributed by atoms with Crippen LogP contribution in [0.3, 0.4) is 0 Å². The van der Waals surface area contributed by atoms with Gasteiger partial charge in [0.15, 0.2) is 5.78 Å². The lowest BCUT2D eigenvalue weighted by Gasteiger charge is -1.92. The molecule has 5 heteroatoms. The Morgan fingerprint density at radius 1 is 1.77 bits per heavy atom. The maximum absolute atomic E-state index is 11.2. The molecule has 5 nitrogen and oxygen atoms in total. The fourth-order valence-corrected chi connectivity index (χ4v) is 0.903. The standard InChI is InChI=1S/C8H12N4O/c1-2-3-8(13)7-6-12(5-4-9)11-10-7/h2,6H,1,3-5,9H2. The molecule has 13 heavy (non-hydrogen) atoms. The van der Waals surface area contributed by atoms with Crippen molar-refractivity contribution in [3.05, 3.63) is 24.5 Å². The number of allylic oxidation sites excluding steroid dienone is 1. The van der Waals surface area contributed by atoms with E-state index >= 15 is 0 Å². The first-order valence-corrected chi connectivity index (χ1v) is 4.02. The number of nitrogens with zero attached hydrogens (tertiary/aromatic N) is 3. The lowest BCUT2D eigenvalue weighted by molar-refractivity contribution is 0.0991. The molecule has 1 heterocycles. The van der Waals surface area contributed by atoms with Crippen molar-refractivity contribution in [2.45, 2.75) is 13.0 Å². The Morgan fingerprint density at radius 3 is 3.15 bits per heavy atom. The van der Waals surface area contributed by atoms with Gasteiger partial charge in [-0.2, -0.15) is 0 Å². The molecule has 0 bridgehead atoms. The fraction of sp³-hybridized carbons (Fsp3) is 0.375. The van der Waals surface area contributed by atoms with Crippen LogP contribution >= 0.6 is 0 Å². The van der Waals surface area contributed by atoms with Crippen LogP contribution in [-0.4, -0.2) is 27.3 Å². The number of hydrogen-bond donors (Lipinski definition) is 1. The van der Waals surface area contributed by atoms with E-state index in [0.29, 0.717) is 25.2 Å². The lowest BCUT2D eigenvalue weighted by atomic mass is 10.2. The van der Waals surface area contributed by atoms with Crippen LogP contribution in [0.2, 0.25) is 0 Å². The third-order valence-corrected chi connectivity index (χ3v) is 1.51. The predicted molar refractivity (Wildman–Crippen MR) is 48.2 cm³/mol. The van der Waals surface area contributed by atoms with Gasteiger partial charge < -0.3 is 5.73 Å². The first-order valence-electron chi connectivity index (χ1n) is 4.02. The number of hydrogen-bond acceptors (Lipinski definition) is 4. The molecule has 0 radical (unpaired) electrons. The molecule has 0 aliphatic carbocycles. The number of carbonyl (C=O) groups excluding carboxylic acids is 1. The molecule has 0 unspecified atom stereocenters. The van der Waals surface area contributed by atoms with Crippen LogP contribution in [0, 0.1) is 0 Å². The summed E-state index contributed by atoms with van der Waals surface area (Å²) in [5.74, 6) is -0.0710. The van der Waals surface area contributed by atoms with Gasteiger partial charge in [0.1, 0.15) is 5.69 Å². The van der Waals surface area contributed by atoms with Crippen molar-refractivity contribution in [2.24, 2.45) is 5.73 Å². The number of rotatable bonds is 5. The summed E-state index contributed by atoms with van der Waals surface area (Å²) in [7, 11) is 0. The molecular formula is C8H12N4O. The van der Waals surface area contributed by atoms with Crippen molar-refractivity contribution in [2.75, 3.05) is 6.54 Å². The average Bonchev–Trinajstić information content (AvgIpc) is 2.54. The Labute approximate surface area is 76.2 Å². The summed E-state index contributed by atoms with van der Waals surface area (Å²) < 4.78 is 1.55. The molecule has 0 saturated carbocycles. The highest BCUT2D eigenvalue weighted by atomic mass is 16.1. The molecule has 1 rings (SSSR count). The summed E-state index contributed by atoms with van der Waals surface area (Å²) in [6.45, 7) is 4.54. The number of carbonyl (C=O) groups is 1. The van der Waals surface area contributed by atoms with Crippen LogP contribution in [0.5, 0.6) is 0 Å². The Bertz CT molecular complexity index is 305. The van der Waals surface area contributed by atoms with Gasteiger partial charge in [0, 0.05) is 13.0 Å². The molecule has 0 aromatic carbocycles. The summed E-state index contributed by atoms with van der Waals surface area (Å²) in [5.41, 5.74) is 5.68. The molecule has 1 aromatic rings. The molecule has 0 aliphatic rings. The van der Waals surface area contributed by atoms with E-state index in [-0.39, 0.29) is 5.78 Å². The second-order valence-corrected chi connectivity index (χ2v) is 2.57. The number of ketones is 1. The Morgan fingerprint density at radius 2 is 2.54 bits per heavy atom. The summed E-state index contributed by atoms with van der Waals surface area (Å²) in [4.78, 5) is 11.2.